The van der Waals surface area contributed by atoms with Crippen molar-refractivity contribution in [3.63, 3.8) is 0 Å². The molecule has 3 aliphatic rings. The molecule has 0 spiro atoms. The Morgan fingerprint density at radius 1 is 0.969 bits per heavy atom. The molecular weight excluding hydrogens is 835 g/mol. The van der Waals surface area contributed by atoms with E-state index in [4.69, 9.17) is 9.57 Å². The number of hydroxylamine groups is 2. The minimum atomic E-state index is -1.43. The van der Waals surface area contributed by atoms with Gasteiger partial charge in [-0.15, -0.1) is 0 Å². The number of para-hydroxylation sites is 1. The molecule has 2 bridgehead atoms. The quantitative estimate of drug-likeness (QED) is 0.121. The highest BCUT2D eigenvalue weighted by atomic mass is 16.7. The third kappa shape index (κ3) is 14.2. The van der Waals surface area contributed by atoms with Crippen LogP contribution in [0.25, 0.3) is 0 Å². The van der Waals surface area contributed by atoms with Gasteiger partial charge < -0.3 is 40.3 Å². The molecule has 65 heavy (non-hydrogen) atoms. The van der Waals surface area contributed by atoms with E-state index in [1.54, 1.807) is 76.3 Å². The maximum absolute atomic E-state index is 14.4. The number of phenolic OH excluding ortho intramolecular Hbond substituents is 1. The van der Waals surface area contributed by atoms with Crippen molar-refractivity contribution < 1.29 is 53.7 Å². The Kier molecular flexibility index (Phi) is 18.2. The number of ketones is 1. The normalized spacial score (nSPS) is 27.6. The van der Waals surface area contributed by atoms with Gasteiger partial charge in [-0.05, 0) is 80.3 Å². The lowest BCUT2D eigenvalue weighted by Gasteiger charge is -2.36. The van der Waals surface area contributed by atoms with Crippen molar-refractivity contribution in [2.75, 3.05) is 13.1 Å². The lowest BCUT2D eigenvalue weighted by Crippen LogP contribution is -2.62. The molecule has 3 aliphatic heterocycles. The fourth-order valence-electron chi connectivity index (χ4n) is 7.86. The molecule has 1 saturated heterocycles. The van der Waals surface area contributed by atoms with E-state index in [2.05, 4.69) is 16.1 Å². The van der Waals surface area contributed by atoms with Crippen molar-refractivity contribution >= 4 is 35.4 Å². The van der Waals surface area contributed by atoms with Gasteiger partial charge in [0.25, 0.3) is 11.8 Å². The topological polar surface area (TPSA) is 224 Å². The Hall–Kier alpha value is -6.10. The number of nitrogens with zero attached hydrogens (tertiary/aromatic N) is 2. The highest BCUT2D eigenvalue weighted by Gasteiger charge is 2.39. The van der Waals surface area contributed by atoms with E-state index in [0.29, 0.717) is 42.7 Å². The maximum atomic E-state index is 14.4. The van der Waals surface area contributed by atoms with Crippen LogP contribution in [0.15, 0.2) is 96.6 Å². The monoisotopic (exact) mass is 897 g/mol. The molecule has 350 valence electrons. The standard InChI is InChI=1S/C49H63N5O11/c1-30(2)44-47(61)50-39(29-34-15-12-17-36(56)28-34)48(62)53-26-13-18-38(52-53)49(63)64-41(31(3)14-11-22-43(58)54-27-25-35-16-9-10-21-42(35)65-54)20-8-6-7-19-40(57)33(5)45(59)37(46(60)51-44)24-23-32(4)55/h6-12,14-17,19,21-22,28,30,33,37-41,44-45,52,56-57,59H,13,18,20,23-27,29H2,1-5H3,(H,50,61)(H,51,60)/b8-6+,19-7+,22-11+,31-14+/t33-,37+,38?,39-,40-,41-,44-,45+/m0/s1. The Morgan fingerprint density at radius 3 is 2.48 bits per heavy atom. The van der Waals surface area contributed by atoms with Gasteiger partial charge in [0.2, 0.25) is 11.8 Å². The first-order chi connectivity index (χ1) is 31.0. The summed E-state index contributed by atoms with van der Waals surface area (Å²) in [6.45, 7) is 8.67. The summed E-state index contributed by atoms with van der Waals surface area (Å²) in [4.78, 5) is 87.4. The third-order valence-corrected chi connectivity index (χ3v) is 11.9. The molecule has 2 aromatic carbocycles. The maximum Gasteiger partial charge on any atom is 0.325 e. The highest BCUT2D eigenvalue weighted by Crippen LogP contribution is 2.26. The van der Waals surface area contributed by atoms with Crippen LogP contribution in [-0.2, 0) is 46.3 Å². The number of Topliss-reactive ketones (excluding diaryl/α,β-unsaturated/α-hetero) is 1. The number of fused-ring (bicyclic) bond motifs is 3. The van der Waals surface area contributed by atoms with E-state index in [0.717, 1.165) is 5.56 Å². The van der Waals surface area contributed by atoms with E-state index < -0.39 is 77.9 Å². The van der Waals surface area contributed by atoms with Gasteiger partial charge in [-0.3, -0.25) is 29.0 Å². The molecule has 0 saturated carbocycles. The number of esters is 1. The molecule has 3 heterocycles. The number of hydrazine groups is 1. The number of carbonyl (C=O) groups excluding carboxylic acids is 6. The number of rotatable bonds is 9. The second-order valence-corrected chi connectivity index (χ2v) is 17.3. The van der Waals surface area contributed by atoms with Crippen LogP contribution in [0, 0.1) is 17.8 Å². The van der Waals surface area contributed by atoms with E-state index in [1.165, 1.54) is 41.3 Å². The highest BCUT2D eigenvalue weighted by molar-refractivity contribution is 5.93. The van der Waals surface area contributed by atoms with Gasteiger partial charge in [0.05, 0.1) is 24.7 Å². The van der Waals surface area contributed by atoms with Crippen molar-refractivity contribution in [1.82, 2.24) is 26.1 Å². The Balaban J connectivity index is 1.45. The van der Waals surface area contributed by atoms with Crippen LogP contribution in [0.3, 0.4) is 0 Å². The SMILES string of the molecule is CC(=O)CC[C@H]1C(=O)N[C@@H](C(C)C)C(=O)N[C@@H](Cc2cccc(O)c2)C(=O)N2CCCC(N2)C(=O)O[C@H](/C(C)=C/C=C/C(=O)N2CCc3ccccc3O2)C/C=C/C=C/[C@H](O)[C@H](C)[C@H]1O. The predicted octanol–water partition coefficient (Wildman–Crippen LogP) is 3.71. The molecule has 16 heteroatoms. The average molecular weight is 898 g/mol. The smallest absolute Gasteiger partial charge is 0.325 e. The van der Waals surface area contributed by atoms with Crippen molar-refractivity contribution in [3.8, 4) is 11.5 Å². The lowest BCUT2D eigenvalue weighted by molar-refractivity contribution is -0.156. The summed E-state index contributed by atoms with van der Waals surface area (Å²) in [6.07, 6.45) is 8.91. The molecular formula is C49H63N5O11. The number of allylic oxidation sites excluding steroid dienone is 4. The number of aliphatic hydroxyl groups is 2. The van der Waals surface area contributed by atoms with Crippen molar-refractivity contribution in [3.05, 3.63) is 108 Å². The molecule has 1 fully saturated rings. The summed E-state index contributed by atoms with van der Waals surface area (Å²) in [5.41, 5.74) is 5.14. The van der Waals surface area contributed by atoms with Crippen molar-refractivity contribution in [1.29, 1.82) is 0 Å². The Labute approximate surface area is 380 Å². The fourth-order valence-corrected chi connectivity index (χ4v) is 7.86. The van der Waals surface area contributed by atoms with Gasteiger partial charge >= 0.3 is 5.97 Å². The van der Waals surface area contributed by atoms with E-state index in [9.17, 15) is 44.1 Å². The first kappa shape index (κ1) is 49.9. The number of amides is 4. The number of benzene rings is 2. The van der Waals surface area contributed by atoms with E-state index in [-0.39, 0.29) is 49.7 Å². The minimum absolute atomic E-state index is 0.0347. The number of nitrogens with one attached hydrogen (secondary N) is 3. The second-order valence-electron chi connectivity index (χ2n) is 17.3. The van der Waals surface area contributed by atoms with Gasteiger partial charge in [-0.1, -0.05) is 87.6 Å². The Bertz CT molecular complexity index is 2150. The summed E-state index contributed by atoms with van der Waals surface area (Å²) in [7, 11) is 0. The molecule has 8 atom stereocenters. The summed E-state index contributed by atoms with van der Waals surface area (Å²) in [6, 6.07) is 10.4. The van der Waals surface area contributed by atoms with Crippen LogP contribution in [-0.4, -0.2) is 110 Å². The first-order valence-corrected chi connectivity index (χ1v) is 22.3. The van der Waals surface area contributed by atoms with Crippen molar-refractivity contribution in [2.24, 2.45) is 17.8 Å². The number of aromatic hydroxyl groups is 1. The van der Waals surface area contributed by atoms with Crippen LogP contribution in [0.1, 0.15) is 77.8 Å². The number of phenols is 1. The fraction of sp³-hybridized carbons (Fsp3) is 0.469. The summed E-state index contributed by atoms with van der Waals surface area (Å²) < 4.78 is 6.08. The molecule has 0 radical (unpaired) electrons. The van der Waals surface area contributed by atoms with Crippen LogP contribution in [0.2, 0.25) is 0 Å². The molecule has 0 aliphatic carbocycles. The van der Waals surface area contributed by atoms with Crippen LogP contribution < -0.4 is 20.9 Å². The molecule has 5 rings (SSSR count). The Morgan fingerprint density at radius 2 is 1.74 bits per heavy atom. The molecule has 0 aromatic heterocycles. The zero-order valence-electron chi connectivity index (χ0n) is 37.7. The number of cyclic esters (lactones) is 1. The molecule has 1 unspecified atom stereocenters. The van der Waals surface area contributed by atoms with Gasteiger partial charge in [0.1, 0.15) is 35.8 Å². The molecule has 16 nitrogen and oxygen atoms in total. The summed E-state index contributed by atoms with van der Waals surface area (Å²) in [5, 5.41) is 41.0. The molecule has 6 N–H and O–H groups in total. The number of aliphatic hydroxyl groups excluding tert-OH is 2. The van der Waals surface area contributed by atoms with Crippen LogP contribution in [0.4, 0.5) is 0 Å². The third-order valence-electron chi connectivity index (χ3n) is 11.9. The summed E-state index contributed by atoms with van der Waals surface area (Å²) in [5.74, 6) is -5.20. The lowest BCUT2D eigenvalue weighted by atomic mass is 9.84. The van der Waals surface area contributed by atoms with Gasteiger partial charge in [-0.25, -0.2) is 5.43 Å². The van der Waals surface area contributed by atoms with E-state index >= 15 is 0 Å². The molecule has 2 aromatic rings. The summed E-state index contributed by atoms with van der Waals surface area (Å²) >= 11 is 0. The number of carbonyl (C=O) groups is 6. The van der Waals surface area contributed by atoms with Crippen LogP contribution >= 0.6 is 0 Å². The predicted molar refractivity (Wildman–Crippen MR) is 241 cm³/mol. The van der Waals surface area contributed by atoms with Gasteiger partial charge in [0, 0.05) is 37.8 Å². The van der Waals surface area contributed by atoms with Gasteiger partial charge in [0.15, 0.2) is 5.75 Å². The van der Waals surface area contributed by atoms with E-state index in [1.807, 2.05) is 18.2 Å². The van der Waals surface area contributed by atoms with Crippen LogP contribution in [0.5, 0.6) is 11.5 Å². The minimum Gasteiger partial charge on any atom is -0.508 e. The molecule has 4 amide bonds. The average Bonchev–Trinajstić information content (AvgIpc) is 3.28. The second kappa shape index (κ2) is 23.7. The van der Waals surface area contributed by atoms with Crippen molar-refractivity contribution in [2.45, 2.75) is 116 Å². The number of hydrogen-bond donors (Lipinski definition) is 6. The zero-order chi connectivity index (χ0) is 47.2. The zero-order valence-corrected chi connectivity index (χ0v) is 37.7. The first-order valence-electron chi connectivity index (χ1n) is 22.3. The van der Waals surface area contributed by atoms with Gasteiger partial charge in [-0.2, -0.15) is 5.06 Å². The largest absolute Gasteiger partial charge is 0.508 e. The number of ether oxygens (including phenoxy) is 1. The number of hydrogen-bond acceptors (Lipinski definition) is 12.